The summed E-state index contributed by atoms with van der Waals surface area (Å²) in [5.74, 6) is 0.494. The molecule has 24 heteroatoms. The van der Waals surface area contributed by atoms with E-state index in [4.69, 9.17) is 52.6 Å². The van der Waals surface area contributed by atoms with Crippen LogP contribution in [0.15, 0.2) is 70.5 Å². The summed E-state index contributed by atoms with van der Waals surface area (Å²) in [5, 5.41) is 21.3. The van der Waals surface area contributed by atoms with E-state index < -0.39 is 20.0 Å². The van der Waals surface area contributed by atoms with Crippen LogP contribution in [0.1, 0.15) is 42.9 Å². The topological polar surface area (TPSA) is 270 Å². The fourth-order valence-corrected chi connectivity index (χ4v) is 10.1. The molecule has 68 heavy (non-hydrogen) atoms. The fraction of sp³-hybridized carbons (Fsp3) is 0.545. The molecule has 1 aliphatic heterocycles. The van der Waals surface area contributed by atoms with Gasteiger partial charge >= 0.3 is 12.1 Å². The van der Waals surface area contributed by atoms with Crippen molar-refractivity contribution in [2.24, 2.45) is 5.73 Å². The van der Waals surface area contributed by atoms with Crippen molar-refractivity contribution in [3.63, 3.8) is 0 Å². The first kappa shape index (κ1) is 54.9. The molecule has 5 rings (SSSR count). The Hall–Kier alpha value is -4.04. The zero-order valence-electron chi connectivity index (χ0n) is 37.9. The molecule has 9 N–H and O–H groups in total. The van der Waals surface area contributed by atoms with Crippen LogP contribution in [0.4, 0.5) is 9.59 Å². The second kappa shape index (κ2) is 28.6. The number of likely N-dealkylation sites (tertiary alicyclic amines) is 1. The standard InChI is InChI=1S/C44H64Cl2N8O12S2/c45-32-28-39-38(40(46)29-32)30-41(54-19-3-4-33(47)31-54)42(39)66-35-7-11-37(12-8-35)68(60,61)53-18-23-65-27-25-63-21-16-51-44(57)49-14-2-1-13-48-43(56)50-15-20-62-24-26-64-22-17-52-67(58,59)36-9-5-34(55)6-10-36/h5-12,28-29,33,41-42,52-53,55H,1-4,13-27,30-31,47H2,(H2,48,50,56)(H2,49,51,57). The number of aromatic hydroxyl groups is 1. The van der Waals surface area contributed by atoms with Crippen molar-refractivity contribution in [3.8, 4) is 11.5 Å². The Balaban J connectivity index is 0.808. The average molecular weight is 1030 g/mol. The maximum absolute atomic E-state index is 13.0. The molecule has 1 fully saturated rings. The SMILES string of the molecule is NC1CCCN(C2Cc3c(Cl)cc(Cl)cc3C2Oc2ccc(S(=O)(=O)NCCOCCOCCNC(=O)NCCCCNC(=O)NCCOCCOCCNS(=O)(=O)c3ccc(O)cc3)cc2)C1. The van der Waals surface area contributed by atoms with Crippen molar-refractivity contribution in [2.45, 2.75) is 60.1 Å². The normalized spacial score (nSPS) is 17.4. The molecular formula is C44H64Cl2N8O12S2. The number of unbranched alkanes of at least 4 members (excludes halogenated alkanes) is 1. The minimum atomic E-state index is -3.80. The van der Waals surface area contributed by atoms with E-state index in [1.807, 2.05) is 6.07 Å². The molecule has 0 aromatic heterocycles. The van der Waals surface area contributed by atoms with E-state index >= 15 is 0 Å². The minimum absolute atomic E-state index is 0.00870. The predicted molar refractivity (Wildman–Crippen MR) is 256 cm³/mol. The number of hydrogen-bond acceptors (Lipinski definition) is 14. The summed E-state index contributed by atoms with van der Waals surface area (Å²) >= 11 is 13.0. The number of carbonyl (C=O) groups is 2. The highest BCUT2D eigenvalue weighted by Crippen LogP contribution is 2.43. The van der Waals surface area contributed by atoms with Crippen LogP contribution in [0.2, 0.25) is 10.0 Å². The number of benzene rings is 3. The van der Waals surface area contributed by atoms with Gasteiger partial charge in [0.1, 0.15) is 17.6 Å². The Morgan fingerprint density at radius 1 is 0.676 bits per heavy atom. The van der Waals surface area contributed by atoms with Gasteiger partial charge in [0.05, 0.1) is 68.7 Å². The summed E-state index contributed by atoms with van der Waals surface area (Å²) in [4.78, 5) is 26.5. The zero-order chi connectivity index (χ0) is 48.8. The Morgan fingerprint density at radius 3 is 1.68 bits per heavy atom. The molecule has 0 saturated carbocycles. The van der Waals surface area contributed by atoms with Crippen LogP contribution < -0.4 is 41.2 Å². The van der Waals surface area contributed by atoms with Crippen molar-refractivity contribution < 1.29 is 55.2 Å². The number of nitrogens with one attached hydrogen (secondary N) is 6. The molecule has 0 radical (unpaired) electrons. The molecule has 20 nitrogen and oxygen atoms in total. The summed E-state index contributed by atoms with van der Waals surface area (Å²) in [6, 6.07) is 14.5. The van der Waals surface area contributed by atoms with Crippen LogP contribution in [0.3, 0.4) is 0 Å². The predicted octanol–water partition coefficient (Wildman–Crippen LogP) is 2.87. The van der Waals surface area contributed by atoms with Crippen molar-refractivity contribution >= 4 is 55.3 Å². The van der Waals surface area contributed by atoms with E-state index in [2.05, 4.69) is 35.6 Å². The van der Waals surface area contributed by atoms with Gasteiger partial charge in [-0.1, -0.05) is 23.2 Å². The number of sulfonamides is 2. The third kappa shape index (κ3) is 18.7. The van der Waals surface area contributed by atoms with Gasteiger partial charge in [0.2, 0.25) is 20.0 Å². The zero-order valence-corrected chi connectivity index (χ0v) is 41.0. The Bertz CT molecular complexity index is 2250. The maximum atomic E-state index is 13.0. The Kier molecular flexibility index (Phi) is 23.1. The van der Waals surface area contributed by atoms with Gasteiger partial charge in [-0.3, -0.25) is 4.90 Å². The van der Waals surface area contributed by atoms with Crippen molar-refractivity contribution in [3.05, 3.63) is 81.8 Å². The molecule has 2 aliphatic rings. The van der Waals surface area contributed by atoms with E-state index in [0.29, 0.717) is 48.1 Å². The van der Waals surface area contributed by atoms with E-state index in [1.54, 1.807) is 18.2 Å². The first-order valence-corrected chi connectivity index (χ1v) is 26.3. The number of nitrogens with zero attached hydrogens (tertiary/aromatic N) is 1. The largest absolute Gasteiger partial charge is 0.508 e. The lowest BCUT2D eigenvalue weighted by Crippen LogP contribution is -2.49. The van der Waals surface area contributed by atoms with Crippen molar-refractivity contribution in [1.82, 2.24) is 35.6 Å². The van der Waals surface area contributed by atoms with Gasteiger partial charge in [-0.2, -0.15) is 0 Å². The van der Waals surface area contributed by atoms with Crippen molar-refractivity contribution in [2.75, 3.05) is 105 Å². The monoisotopic (exact) mass is 1030 g/mol. The molecule has 3 unspecified atom stereocenters. The fourth-order valence-electron chi connectivity index (χ4n) is 7.45. The third-order valence-corrected chi connectivity index (χ3v) is 14.3. The first-order chi connectivity index (χ1) is 32.7. The van der Waals surface area contributed by atoms with Gasteiger partial charge in [0.15, 0.2) is 0 Å². The first-order valence-electron chi connectivity index (χ1n) is 22.6. The lowest BCUT2D eigenvalue weighted by molar-refractivity contribution is 0.0516. The summed E-state index contributed by atoms with van der Waals surface area (Å²) in [6.07, 6.45) is 3.62. The molecule has 0 bridgehead atoms. The Labute approximate surface area is 408 Å². The highest BCUT2D eigenvalue weighted by molar-refractivity contribution is 7.89. The number of amides is 4. The summed E-state index contributed by atoms with van der Waals surface area (Å²) < 4.78 is 83.5. The van der Waals surface area contributed by atoms with Crippen LogP contribution in [-0.4, -0.2) is 156 Å². The molecule has 3 atom stereocenters. The molecule has 0 spiro atoms. The van der Waals surface area contributed by atoms with Crippen LogP contribution in [0.5, 0.6) is 11.5 Å². The van der Waals surface area contributed by atoms with Gasteiger partial charge in [-0.25, -0.2) is 35.9 Å². The van der Waals surface area contributed by atoms with Gasteiger partial charge in [0.25, 0.3) is 0 Å². The number of fused-ring (bicyclic) bond motifs is 1. The molecule has 1 saturated heterocycles. The third-order valence-electron chi connectivity index (χ3n) is 10.8. The summed E-state index contributed by atoms with van der Waals surface area (Å²) in [7, 11) is -7.49. The molecule has 3 aromatic carbocycles. The van der Waals surface area contributed by atoms with Gasteiger partial charge in [0, 0.05) is 67.5 Å². The van der Waals surface area contributed by atoms with Gasteiger partial charge < -0.3 is 55.8 Å². The quantitative estimate of drug-likeness (QED) is 0.0447. The average Bonchev–Trinajstić information content (AvgIpc) is 3.66. The number of halogens is 2. The second-order valence-corrected chi connectivity index (χ2v) is 20.3. The number of hydrogen-bond donors (Lipinski definition) is 8. The van der Waals surface area contributed by atoms with Crippen LogP contribution >= 0.6 is 23.2 Å². The van der Waals surface area contributed by atoms with E-state index in [9.17, 15) is 31.5 Å². The van der Waals surface area contributed by atoms with Crippen LogP contribution in [0, 0.1) is 0 Å². The molecule has 4 amide bonds. The number of piperidine rings is 1. The van der Waals surface area contributed by atoms with E-state index in [-0.39, 0.29) is 125 Å². The number of rotatable bonds is 30. The second-order valence-electron chi connectivity index (χ2n) is 15.9. The number of phenols is 1. The van der Waals surface area contributed by atoms with Gasteiger partial charge in [-0.15, -0.1) is 0 Å². The number of urea groups is 2. The lowest BCUT2D eigenvalue weighted by Gasteiger charge is -2.38. The summed E-state index contributed by atoms with van der Waals surface area (Å²) in [5.41, 5.74) is 8.24. The van der Waals surface area contributed by atoms with Crippen LogP contribution in [0.25, 0.3) is 0 Å². The highest BCUT2D eigenvalue weighted by atomic mass is 35.5. The van der Waals surface area contributed by atoms with E-state index in [1.165, 1.54) is 36.4 Å². The molecule has 1 aliphatic carbocycles. The smallest absolute Gasteiger partial charge is 0.314 e. The molecule has 3 aromatic rings. The summed E-state index contributed by atoms with van der Waals surface area (Å²) in [6.45, 7) is 5.04. The minimum Gasteiger partial charge on any atom is -0.508 e. The Morgan fingerprint density at radius 2 is 1.16 bits per heavy atom. The molecule has 1 heterocycles. The van der Waals surface area contributed by atoms with E-state index in [0.717, 1.165) is 37.1 Å². The highest BCUT2D eigenvalue weighted by Gasteiger charge is 2.40. The molecular weight excluding hydrogens is 968 g/mol. The number of carbonyl (C=O) groups excluding carboxylic acids is 2. The lowest BCUT2D eigenvalue weighted by atomic mass is 10.0. The number of nitrogens with two attached hydrogens (primary N) is 1. The number of ether oxygens (including phenoxy) is 5. The molecule has 378 valence electrons. The maximum Gasteiger partial charge on any atom is 0.314 e. The number of phenolic OH excluding ortho intramolecular Hbond substituents is 1. The van der Waals surface area contributed by atoms with Gasteiger partial charge in [-0.05, 0) is 105 Å². The van der Waals surface area contributed by atoms with Crippen molar-refractivity contribution in [1.29, 1.82) is 0 Å². The van der Waals surface area contributed by atoms with Crippen LogP contribution in [-0.2, 0) is 45.4 Å².